The molecule has 58 valence electrons. The second-order valence-corrected chi connectivity index (χ2v) is 4.61. The SMILES string of the molecule is Cc1cc([C@H](N)C#N)sc1Br. The zero-order valence-corrected chi connectivity index (χ0v) is 8.37. The van der Waals surface area contributed by atoms with Crippen molar-refractivity contribution in [3.63, 3.8) is 0 Å². The normalized spacial score (nSPS) is 12.5. The molecule has 2 N–H and O–H groups in total. The number of nitrogens with two attached hydrogens (primary N) is 1. The van der Waals surface area contributed by atoms with Crippen LogP contribution in [0.2, 0.25) is 0 Å². The molecule has 0 amide bonds. The Morgan fingerprint density at radius 2 is 2.45 bits per heavy atom. The molecule has 2 nitrogen and oxygen atoms in total. The van der Waals surface area contributed by atoms with Crippen LogP contribution in [0.5, 0.6) is 0 Å². The van der Waals surface area contributed by atoms with Crippen molar-refractivity contribution in [2.45, 2.75) is 13.0 Å². The molecule has 4 heteroatoms. The fourth-order valence-electron chi connectivity index (χ4n) is 0.700. The monoisotopic (exact) mass is 230 g/mol. The molecule has 0 fully saturated rings. The van der Waals surface area contributed by atoms with Crippen LogP contribution in [0.25, 0.3) is 0 Å². The van der Waals surface area contributed by atoms with Gasteiger partial charge in [0.25, 0.3) is 0 Å². The lowest BCUT2D eigenvalue weighted by atomic mass is 10.2. The first-order valence-corrected chi connectivity index (χ1v) is 4.67. The van der Waals surface area contributed by atoms with Gasteiger partial charge in [0, 0.05) is 4.88 Å². The second-order valence-electron chi connectivity index (χ2n) is 2.21. The number of nitrogens with zero attached hydrogens (tertiary/aromatic N) is 1. The van der Waals surface area contributed by atoms with Gasteiger partial charge >= 0.3 is 0 Å². The number of hydrogen-bond acceptors (Lipinski definition) is 3. The van der Waals surface area contributed by atoms with Crippen molar-refractivity contribution in [2.75, 3.05) is 0 Å². The zero-order chi connectivity index (χ0) is 8.43. The predicted molar refractivity (Wildman–Crippen MR) is 49.3 cm³/mol. The quantitative estimate of drug-likeness (QED) is 0.806. The molecule has 0 unspecified atom stereocenters. The Morgan fingerprint density at radius 3 is 2.82 bits per heavy atom. The van der Waals surface area contributed by atoms with E-state index in [0.717, 1.165) is 14.2 Å². The van der Waals surface area contributed by atoms with Gasteiger partial charge in [0.15, 0.2) is 0 Å². The second kappa shape index (κ2) is 3.35. The van der Waals surface area contributed by atoms with Gasteiger partial charge in [-0.1, -0.05) is 0 Å². The summed E-state index contributed by atoms with van der Waals surface area (Å²) in [6.07, 6.45) is 0. The minimum Gasteiger partial charge on any atom is -0.312 e. The van der Waals surface area contributed by atoms with Gasteiger partial charge in [0.1, 0.15) is 6.04 Å². The molecule has 0 aliphatic carbocycles. The van der Waals surface area contributed by atoms with E-state index in [-0.39, 0.29) is 0 Å². The average molecular weight is 231 g/mol. The molecule has 0 spiro atoms. The van der Waals surface area contributed by atoms with Gasteiger partial charge in [-0.3, -0.25) is 0 Å². The van der Waals surface area contributed by atoms with E-state index < -0.39 is 6.04 Å². The van der Waals surface area contributed by atoms with E-state index in [1.54, 1.807) is 0 Å². The van der Waals surface area contributed by atoms with Crippen molar-refractivity contribution in [1.82, 2.24) is 0 Å². The van der Waals surface area contributed by atoms with Gasteiger partial charge < -0.3 is 5.73 Å². The van der Waals surface area contributed by atoms with Crippen molar-refractivity contribution in [3.05, 3.63) is 20.3 Å². The first-order valence-electron chi connectivity index (χ1n) is 3.06. The summed E-state index contributed by atoms with van der Waals surface area (Å²) in [5, 5.41) is 8.50. The van der Waals surface area contributed by atoms with Crippen LogP contribution in [0.15, 0.2) is 9.85 Å². The van der Waals surface area contributed by atoms with Crippen LogP contribution < -0.4 is 5.73 Å². The van der Waals surface area contributed by atoms with Crippen molar-refractivity contribution >= 4 is 27.3 Å². The molecule has 0 aliphatic heterocycles. The molecule has 11 heavy (non-hydrogen) atoms. The summed E-state index contributed by atoms with van der Waals surface area (Å²) in [6.45, 7) is 1.98. The van der Waals surface area contributed by atoms with E-state index in [1.807, 2.05) is 19.1 Å². The average Bonchev–Trinajstić information content (AvgIpc) is 2.31. The van der Waals surface area contributed by atoms with E-state index in [1.165, 1.54) is 11.3 Å². The Hall–Kier alpha value is -0.370. The summed E-state index contributed by atoms with van der Waals surface area (Å²) in [5.74, 6) is 0. The van der Waals surface area contributed by atoms with Gasteiger partial charge in [-0.15, -0.1) is 11.3 Å². The van der Waals surface area contributed by atoms with Gasteiger partial charge in [0.2, 0.25) is 0 Å². The molecule has 0 bridgehead atoms. The van der Waals surface area contributed by atoms with Gasteiger partial charge in [-0.25, -0.2) is 0 Å². The molecule has 1 atom stereocenters. The zero-order valence-electron chi connectivity index (χ0n) is 5.97. The molecule has 1 rings (SSSR count). The van der Waals surface area contributed by atoms with E-state index in [2.05, 4.69) is 15.9 Å². The molecule has 0 aliphatic rings. The third-order valence-electron chi connectivity index (χ3n) is 1.32. The van der Waals surface area contributed by atoms with Crippen LogP contribution in [0.3, 0.4) is 0 Å². The van der Waals surface area contributed by atoms with Crippen LogP contribution in [0, 0.1) is 18.3 Å². The van der Waals surface area contributed by atoms with E-state index in [0.29, 0.717) is 0 Å². The highest BCUT2D eigenvalue weighted by molar-refractivity contribution is 9.11. The predicted octanol–water partition coefficient (Wildman–Crippen LogP) is 2.34. The Kier molecular flexibility index (Phi) is 2.66. The number of nitriles is 1. The molecule has 1 aromatic heterocycles. The lowest BCUT2D eigenvalue weighted by Crippen LogP contribution is -2.04. The Bertz CT molecular complexity index is 280. The first-order chi connectivity index (χ1) is 5.15. The standard InChI is InChI=1S/C7H7BrN2S/c1-4-2-6(5(10)3-9)11-7(4)8/h2,5H,10H2,1H3/t5-/m1/s1. The van der Waals surface area contributed by atoms with E-state index in [9.17, 15) is 0 Å². The third kappa shape index (κ3) is 1.80. The van der Waals surface area contributed by atoms with E-state index in [4.69, 9.17) is 11.0 Å². The maximum absolute atomic E-state index is 8.50. The smallest absolute Gasteiger partial charge is 0.128 e. The Balaban J connectivity index is 2.99. The van der Waals surface area contributed by atoms with Crippen LogP contribution >= 0.6 is 27.3 Å². The number of aryl methyl sites for hydroxylation is 1. The number of hydrogen-bond donors (Lipinski definition) is 1. The highest BCUT2D eigenvalue weighted by atomic mass is 79.9. The van der Waals surface area contributed by atoms with Gasteiger partial charge in [0.05, 0.1) is 9.86 Å². The molecular formula is C7H7BrN2S. The van der Waals surface area contributed by atoms with Crippen molar-refractivity contribution in [2.24, 2.45) is 5.73 Å². The topological polar surface area (TPSA) is 49.8 Å². The summed E-state index contributed by atoms with van der Waals surface area (Å²) >= 11 is 4.88. The van der Waals surface area contributed by atoms with Crippen LogP contribution in [-0.4, -0.2) is 0 Å². The lowest BCUT2D eigenvalue weighted by Gasteiger charge is -1.93. The fourth-order valence-corrected chi connectivity index (χ4v) is 2.22. The minimum atomic E-state index is -0.481. The molecule has 0 saturated heterocycles. The summed E-state index contributed by atoms with van der Waals surface area (Å²) in [6, 6.07) is 3.44. The molecular weight excluding hydrogens is 224 g/mol. The maximum Gasteiger partial charge on any atom is 0.128 e. The summed E-state index contributed by atoms with van der Waals surface area (Å²) in [4.78, 5) is 0.914. The van der Waals surface area contributed by atoms with Crippen molar-refractivity contribution in [1.29, 1.82) is 5.26 Å². The summed E-state index contributed by atoms with van der Waals surface area (Å²) in [7, 11) is 0. The largest absolute Gasteiger partial charge is 0.312 e. The molecule has 0 saturated carbocycles. The molecule has 1 heterocycles. The molecule has 1 aromatic rings. The fraction of sp³-hybridized carbons (Fsp3) is 0.286. The summed E-state index contributed by atoms with van der Waals surface area (Å²) in [5.41, 5.74) is 6.64. The highest BCUT2D eigenvalue weighted by Crippen LogP contribution is 2.30. The van der Waals surface area contributed by atoms with Gasteiger partial charge in [-0.2, -0.15) is 5.26 Å². The van der Waals surface area contributed by atoms with E-state index >= 15 is 0 Å². The number of halogens is 1. The molecule has 0 radical (unpaired) electrons. The number of rotatable bonds is 1. The summed E-state index contributed by atoms with van der Waals surface area (Å²) < 4.78 is 1.05. The first kappa shape index (κ1) is 8.72. The van der Waals surface area contributed by atoms with Crippen LogP contribution in [0.1, 0.15) is 16.5 Å². The Morgan fingerprint density at radius 1 is 1.82 bits per heavy atom. The minimum absolute atomic E-state index is 0.481. The third-order valence-corrected chi connectivity index (χ3v) is 3.54. The lowest BCUT2D eigenvalue weighted by molar-refractivity contribution is 0.950. The van der Waals surface area contributed by atoms with Gasteiger partial charge in [-0.05, 0) is 34.5 Å². The molecule has 0 aromatic carbocycles. The van der Waals surface area contributed by atoms with Crippen molar-refractivity contribution in [3.8, 4) is 6.07 Å². The highest BCUT2D eigenvalue weighted by Gasteiger charge is 2.08. The number of thiophene rings is 1. The van der Waals surface area contributed by atoms with Crippen molar-refractivity contribution < 1.29 is 0 Å². The van der Waals surface area contributed by atoms with Crippen LogP contribution in [-0.2, 0) is 0 Å². The maximum atomic E-state index is 8.50. The Labute approximate surface area is 77.8 Å². The van der Waals surface area contributed by atoms with Crippen LogP contribution in [0.4, 0.5) is 0 Å².